The molecular formula is C10H10Cl2N2O3. The van der Waals surface area contributed by atoms with Crippen LogP contribution in [0.3, 0.4) is 0 Å². The predicted molar refractivity (Wildman–Crippen MR) is 65.3 cm³/mol. The van der Waals surface area contributed by atoms with Gasteiger partial charge in [-0.05, 0) is 18.2 Å². The Labute approximate surface area is 108 Å². The van der Waals surface area contributed by atoms with Gasteiger partial charge in [-0.25, -0.2) is 0 Å². The molecule has 0 aliphatic heterocycles. The van der Waals surface area contributed by atoms with Gasteiger partial charge >= 0.3 is 5.97 Å². The summed E-state index contributed by atoms with van der Waals surface area (Å²) in [7, 11) is 0. The first-order chi connectivity index (χ1) is 7.90. The minimum absolute atomic E-state index is 0.296. The molecule has 1 aromatic carbocycles. The van der Waals surface area contributed by atoms with Crippen molar-refractivity contribution in [1.82, 2.24) is 0 Å². The van der Waals surface area contributed by atoms with Crippen LogP contribution in [-0.4, -0.2) is 23.0 Å². The monoisotopic (exact) mass is 276 g/mol. The molecule has 1 atom stereocenters. The van der Waals surface area contributed by atoms with E-state index in [1.54, 1.807) is 6.07 Å². The minimum atomic E-state index is -1.15. The fourth-order valence-electron chi connectivity index (χ4n) is 1.10. The first kappa shape index (κ1) is 13.8. The molecule has 0 radical (unpaired) electrons. The van der Waals surface area contributed by atoms with Crippen molar-refractivity contribution >= 4 is 40.8 Å². The van der Waals surface area contributed by atoms with Crippen LogP contribution < -0.4 is 11.1 Å². The first-order valence-corrected chi connectivity index (χ1v) is 5.39. The number of carboxylic acid groups (broad SMARTS) is 1. The number of hydrogen-bond acceptors (Lipinski definition) is 3. The molecule has 17 heavy (non-hydrogen) atoms. The fourth-order valence-corrected chi connectivity index (χ4v) is 1.44. The summed E-state index contributed by atoms with van der Waals surface area (Å²) >= 11 is 11.5. The van der Waals surface area contributed by atoms with Crippen molar-refractivity contribution in [1.29, 1.82) is 0 Å². The van der Waals surface area contributed by atoms with E-state index >= 15 is 0 Å². The van der Waals surface area contributed by atoms with Gasteiger partial charge in [-0.1, -0.05) is 23.2 Å². The van der Waals surface area contributed by atoms with Gasteiger partial charge in [-0.2, -0.15) is 0 Å². The summed E-state index contributed by atoms with van der Waals surface area (Å²) < 4.78 is 0. The topological polar surface area (TPSA) is 92.4 Å². The zero-order chi connectivity index (χ0) is 13.0. The quantitative estimate of drug-likeness (QED) is 0.781. The van der Waals surface area contributed by atoms with E-state index in [9.17, 15) is 9.59 Å². The van der Waals surface area contributed by atoms with Gasteiger partial charge in [0, 0.05) is 5.02 Å². The molecule has 1 aromatic rings. The largest absolute Gasteiger partial charge is 0.481 e. The van der Waals surface area contributed by atoms with E-state index in [-0.39, 0.29) is 0 Å². The van der Waals surface area contributed by atoms with Crippen LogP contribution in [0.2, 0.25) is 10.0 Å². The Bertz CT molecular complexity index is 451. The van der Waals surface area contributed by atoms with E-state index in [4.69, 9.17) is 34.0 Å². The number of halogens is 2. The van der Waals surface area contributed by atoms with Gasteiger partial charge < -0.3 is 16.2 Å². The van der Waals surface area contributed by atoms with Gasteiger partial charge in [0.15, 0.2) is 0 Å². The Kier molecular flexibility index (Phi) is 4.74. The number of amides is 1. The Morgan fingerprint density at radius 3 is 2.65 bits per heavy atom. The number of aliphatic carboxylic acids is 1. The third-order valence-electron chi connectivity index (χ3n) is 1.92. The van der Waals surface area contributed by atoms with E-state index in [2.05, 4.69) is 5.32 Å². The zero-order valence-corrected chi connectivity index (χ0v) is 10.1. The molecule has 7 heteroatoms. The molecule has 1 amide bonds. The standard InChI is InChI=1S/C10H10Cl2N2O3/c11-5-1-2-6(12)8(3-5)14-10(17)7(13)4-9(15)16/h1-3,7H,4,13H2,(H,14,17)(H,15,16). The Hall–Kier alpha value is -1.30. The molecule has 0 bridgehead atoms. The molecule has 0 aliphatic rings. The summed E-state index contributed by atoms with van der Waals surface area (Å²) in [4.78, 5) is 21.9. The third kappa shape index (κ3) is 4.22. The number of anilines is 1. The summed E-state index contributed by atoms with van der Waals surface area (Å²) in [5.74, 6) is -1.78. The van der Waals surface area contributed by atoms with E-state index in [1.165, 1.54) is 12.1 Å². The second kappa shape index (κ2) is 5.86. The maximum atomic E-state index is 11.5. The van der Waals surface area contributed by atoms with E-state index < -0.39 is 24.3 Å². The number of rotatable bonds is 4. The highest BCUT2D eigenvalue weighted by Gasteiger charge is 2.17. The van der Waals surface area contributed by atoms with Crippen molar-refractivity contribution in [3.05, 3.63) is 28.2 Å². The van der Waals surface area contributed by atoms with Crippen LogP contribution in [-0.2, 0) is 9.59 Å². The number of carboxylic acids is 1. The normalized spacial score (nSPS) is 11.9. The molecule has 4 N–H and O–H groups in total. The number of carbonyl (C=O) groups is 2. The van der Waals surface area contributed by atoms with E-state index in [1.807, 2.05) is 0 Å². The van der Waals surface area contributed by atoms with Gasteiger partial charge in [0.05, 0.1) is 23.2 Å². The fraction of sp³-hybridized carbons (Fsp3) is 0.200. The molecule has 0 aromatic heterocycles. The summed E-state index contributed by atoms with van der Waals surface area (Å²) in [6.45, 7) is 0. The summed E-state index contributed by atoms with van der Waals surface area (Å²) in [6.07, 6.45) is -0.454. The van der Waals surface area contributed by atoms with Crippen molar-refractivity contribution in [3.8, 4) is 0 Å². The lowest BCUT2D eigenvalue weighted by Gasteiger charge is -2.11. The van der Waals surface area contributed by atoms with Gasteiger partial charge in [0.2, 0.25) is 5.91 Å². The van der Waals surface area contributed by atoms with Crippen LogP contribution in [0, 0.1) is 0 Å². The van der Waals surface area contributed by atoms with Crippen LogP contribution in [0.25, 0.3) is 0 Å². The average molecular weight is 277 g/mol. The third-order valence-corrected chi connectivity index (χ3v) is 2.48. The Morgan fingerprint density at radius 2 is 2.06 bits per heavy atom. The number of benzene rings is 1. The number of hydrogen-bond donors (Lipinski definition) is 3. The van der Waals surface area contributed by atoms with Gasteiger partial charge in [-0.15, -0.1) is 0 Å². The Morgan fingerprint density at radius 1 is 1.41 bits per heavy atom. The van der Waals surface area contributed by atoms with Crippen molar-refractivity contribution in [2.75, 3.05) is 5.32 Å². The Balaban J connectivity index is 2.73. The molecular weight excluding hydrogens is 267 g/mol. The molecule has 0 saturated heterocycles. The smallest absolute Gasteiger partial charge is 0.305 e. The lowest BCUT2D eigenvalue weighted by molar-refractivity contribution is -0.138. The van der Waals surface area contributed by atoms with Gasteiger partial charge in [0.1, 0.15) is 0 Å². The van der Waals surface area contributed by atoms with Gasteiger partial charge in [-0.3, -0.25) is 9.59 Å². The average Bonchev–Trinajstić information content (AvgIpc) is 2.22. The van der Waals surface area contributed by atoms with Crippen molar-refractivity contribution in [2.24, 2.45) is 5.73 Å². The first-order valence-electron chi connectivity index (χ1n) is 4.63. The van der Waals surface area contributed by atoms with Crippen molar-refractivity contribution in [3.63, 3.8) is 0 Å². The molecule has 1 rings (SSSR count). The molecule has 5 nitrogen and oxygen atoms in total. The summed E-state index contributed by atoms with van der Waals surface area (Å²) in [5, 5.41) is 11.6. The summed E-state index contributed by atoms with van der Waals surface area (Å²) in [5.41, 5.74) is 5.68. The highest BCUT2D eigenvalue weighted by atomic mass is 35.5. The number of nitrogens with one attached hydrogen (secondary N) is 1. The summed E-state index contributed by atoms with van der Waals surface area (Å²) in [6, 6.07) is 3.40. The molecule has 92 valence electrons. The number of carbonyl (C=O) groups excluding carboxylic acids is 1. The number of nitrogens with two attached hydrogens (primary N) is 1. The van der Waals surface area contributed by atoms with Gasteiger partial charge in [0.25, 0.3) is 0 Å². The maximum Gasteiger partial charge on any atom is 0.305 e. The minimum Gasteiger partial charge on any atom is -0.481 e. The molecule has 0 heterocycles. The van der Waals surface area contributed by atoms with Crippen molar-refractivity contribution < 1.29 is 14.7 Å². The molecule has 0 aliphatic carbocycles. The molecule has 0 spiro atoms. The molecule has 1 unspecified atom stereocenters. The molecule has 0 fully saturated rings. The maximum absolute atomic E-state index is 11.5. The molecule has 0 saturated carbocycles. The SMILES string of the molecule is NC(CC(=O)O)C(=O)Nc1cc(Cl)ccc1Cl. The van der Waals surface area contributed by atoms with Crippen LogP contribution in [0.4, 0.5) is 5.69 Å². The van der Waals surface area contributed by atoms with E-state index in [0.717, 1.165) is 0 Å². The van der Waals surface area contributed by atoms with Crippen LogP contribution >= 0.6 is 23.2 Å². The predicted octanol–water partition coefficient (Wildman–Crippen LogP) is 1.73. The second-order valence-corrected chi connectivity index (χ2v) is 4.16. The highest BCUT2D eigenvalue weighted by molar-refractivity contribution is 6.35. The second-order valence-electron chi connectivity index (χ2n) is 3.32. The van der Waals surface area contributed by atoms with Crippen LogP contribution in [0.1, 0.15) is 6.42 Å². The van der Waals surface area contributed by atoms with E-state index in [0.29, 0.717) is 15.7 Å². The lowest BCUT2D eigenvalue weighted by atomic mass is 10.2. The van der Waals surface area contributed by atoms with Crippen molar-refractivity contribution in [2.45, 2.75) is 12.5 Å². The van der Waals surface area contributed by atoms with Crippen LogP contribution in [0.5, 0.6) is 0 Å². The zero-order valence-electron chi connectivity index (χ0n) is 8.61. The highest BCUT2D eigenvalue weighted by Crippen LogP contribution is 2.25. The lowest BCUT2D eigenvalue weighted by Crippen LogP contribution is -2.37. The van der Waals surface area contributed by atoms with Crippen LogP contribution in [0.15, 0.2) is 18.2 Å².